The van der Waals surface area contributed by atoms with Crippen LogP contribution in [-0.2, 0) is 16.2 Å². The Balaban J connectivity index is 1.11. The van der Waals surface area contributed by atoms with Crippen LogP contribution >= 0.6 is 11.3 Å². The average Bonchev–Trinajstić information content (AvgIpc) is 3.82. The van der Waals surface area contributed by atoms with Gasteiger partial charge in [0.15, 0.2) is 0 Å². The summed E-state index contributed by atoms with van der Waals surface area (Å²) < 4.78 is 2.64. The molecule has 0 spiro atoms. The molecule has 0 N–H and O–H groups in total. The molecule has 0 bridgehead atoms. The minimum absolute atomic E-state index is 0.00893. The molecule has 4 heterocycles. The van der Waals surface area contributed by atoms with E-state index in [1.807, 2.05) is 11.3 Å². The van der Waals surface area contributed by atoms with E-state index in [9.17, 15) is 0 Å². The van der Waals surface area contributed by atoms with Gasteiger partial charge in [-0.2, -0.15) is 0 Å². The van der Waals surface area contributed by atoms with E-state index in [4.69, 9.17) is 0 Å². The summed E-state index contributed by atoms with van der Waals surface area (Å²) in [6.07, 6.45) is 4.87. The van der Waals surface area contributed by atoms with Crippen molar-refractivity contribution in [3.8, 4) is 11.1 Å². The summed E-state index contributed by atoms with van der Waals surface area (Å²) in [5, 5.41) is 2.65. The first-order chi connectivity index (χ1) is 33.6. The Labute approximate surface area is 419 Å². The van der Waals surface area contributed by atoms with Gasteiger partial charge in [-0.05, 0) is 148 Å². The highest BCUT2D eigenvalue weighted by atomic mass is 32.1. The maximum absolute atomic E-state index is 2.76. The summed E-state index contributed by atoms with van der Waals surface area (Å²) in [7, 11) is 0. The molecular weight excluding hydrogens is 866 g/mol. The fraction of sp³-hybridized carbons (Fsp3) is 0.262. The quantitative estimate of drug-likeness (QED) is 0.163. The van der Waals surface area contributed by atoms with E-state index < -0.39 is 0 Å². The first-order valence-electron chi connectivity index (χ1n) is 25.7. The maximum atomic E-state index is 2.76. The van der Waals surface area contributed by atoms with E-state index in [2.05, 4.69) is 241 Å². The third-order valence-electron chi connectivity index (χ3n) is 17.1. The first-order valence-corrected chi connectivity index (χ1v) is 26.5. The van der Waals surface area contributed by atoms with Crippen LogP contribution in [0.25, 0.3) is 31.3 Å². The van der Waals surface area contributed by atoms with Gasteiger partial charge >= 0.3 is 0 Å². The molecule has 3 nitrogen and oxygen atoms in total. The van der Waals surface area contributed by atoms with Crippen molar-refractivity contribution in [1.82, 2.24) is 0 Å². The summed E-state index contributed by atoms with van der Waals surface area (Å²) in [4.78, 5) is 8.04. The lowest BCUT2D eigenvalue weighted by molar-refractivity contribution is 0.195. The van der Waals surface area contributed by atoms with Crippen molar-refractivity contribution in [3.63, 3.8) is 0 Å². The van der Waals surface area contributed by atoms with Crippen LogP contribution in [0, 0.1) is 6.92 Å². The largest absolute Gasteiger partial charge is 0.334 e. The Hall–Kier alpha value is -6.56. The van der Waals surface area contributed by atoms with Crippen LogP contribution in [0.15, 0.2) is 164 Å². The zero-order valence-electron chi connectivity index (χ0n) is 42.2. The number of fused-ring (bicyclic) bond motifs is 10. The molecule has 1 saturated carbocycles. The summed E-state index contributed by atoms with van der Waals surface area (Å²) in [6.45, 7) is 21.5. The van der Waals surface area contributed by atoms with Crippen LogP contribution < -0.4 is 31.1 Å². The minimum atomic E-state index is -0.0648. The highest BCUT2D eigenvalue weighted by molar-refractivity contribution is 7.25. The number of thiophene rings is 1. The summed E-state index contributed by atoms with van der Waals surface area (Å²) >= 11 is 1.90. The van der Waals surface area contributed by atoms with Crippen molar-refractivity contribution in [3.05, 3.63) is 186 Å². The molecule has 13 rings (SSSR count). The number of hydrogen-bond acceptors (Lipinski definition) is 4. The molecule has 70 heavy (non-hydrogen) atoms. The van der Waals surface area contributed by atoms with E-state index in [0.717, 1.165) is 6.42 Å². The molecule has 1 aliphatic carbocycles. The highest BCUT2D eigenvalue weighted by Gasteiger charge is 2.58. The normalized spacial score (nSPS) is 19.3. The topological polar surface area (TPSA) is 9.72 Å². The molecule has 0 saturated heterocycles. The number of para-hydroxylation sites is 1. The summed E-state index contributed by atoms with van der Waals surface area (Å²) in [5.74, 6) is 0. The molecule has 346 valence electrons. The Morgan fingerprint density at radius 3 is 1.91 bits per heavy atom. The SMILES string of the molecule is Cc1cc2c3c(c1)N(c1ccc(C(C)(C)C)cc1-c1ccccc1)c1cc(N4c5ccccc5C5(C)CCCCC45C)ccc1B3c1ccc(C(C)(C)C)cc1N2c1ccc2c(c1)sc1ccccc12. The predicted octanol–water partition coefficient (Wildman–Crippen LogP) is 16.4. The van der Waals surface area contributed by atoms with Gasteiger partial charge in [0.25, 0.3) is 6.71 Å². The standard InChI is InChI=1S/C65H62BN3S/c1-41-35-57-61-58(36-41)68(53-32-26-43(62(2,3)4)37-49(53)42-19-11-10-12-20-42)56-39-46(69-54-23-15-14-22-50(54)64(8)33-17-18-34-65(64,69)9)28-31-52(56)66(61)51-30-25-44(63(5,6)7)38-55(51)67(57)45-27-29-48-47-21-13-16-24-59(47)70-60(48)40-45/h10-16,19-32,35-40H,17-18,33-34H2,1-9H3. The van der Waals surface area contributed by atoms with Crippen molar-refractivity contribution in [2.24, 2.45) is 0 Å². The number of benzene rings is 8. The van der Waals surface area contributed by atoms with Crippen LogP contribution in [0.1, 0.15) is 103 Å². The van der Waals surface area contributed by atoms with Crippen LogP contribution in [0.3, 0.4) is 0 Å². The van der Waals surface area contributed by atoms with Gasteiger partial charge in [-0.15, -0.1) is 11.3 Å². The molecule has 4 aliphatic rings. The zero-order chi connectivity index (χ0) is 48.1. The van der Waals surface area contributed by atoms with Gasteiger partial charge in [-0.25, -0.2) is 0 Å². The van der Waals surface area contributed by atoms with E-state index in [1.165, 1.54) is 135 Å². The molecular formula is C65H62BN3S. The summed E-state index contributed by atoms with van der Waals surface area (Å²) in [5.41, 5.74) is 21.9. The van der Waals surface area contributed by atoms with Crippen molar-refractivity contribution in [2.75, 3.05) is 14.7 Å². The molecule has 1 fully saturated rings. The number of anilines is 8. The lowest BCUT2D eigenvalue weighted by atomic mass is 9.33. The number of hydrogen-bond donors (Lipinski definition) is 0. The van der Waals surface area contributed by atoms with Crippen molar-refractivity contribution in [2.45, 2.75) is 110 Å². The Kier molecular flexibility index (Phi) is 9.45. The van der Waals surface area contributed by atoms with Crippen LogP contribution in [0.2, 0.25) is 0 Å². The van der Waals surface area contributed by atoms with Gasteiger partial charge in [0.1, 0.15) is 0 Å². The van der Waals surface area contributed by atoms with Crippen molar-refractivity contribution in [1.29, 1.82) is 0 Å². The third kappa shape index (κ3) is 6.26. The zero-order valence-corrected chi connectivity index (χ0v) is 43.1. The first kappa shape index (κ1) is 43.5. The number of rotatable bonds is 4. The number of nitrogens with zero attached hydrogens (tertiary/aromatic N) is 3. The summed E-state index contributed by atoms with van der Waals surface area (Å²) in [6, 6.07) is 63.7. The minimum Gasteiger partial charge on any atom is -0.334 e. The molecule has 3 aliphatic heterocycles. The predicted molar refractivity (Wildman–Crippen MR) is 304 cm³/mol. The van der Waals surface area contributed by atoms with Crippen LogP contribution in [0.4, 0.5) is 45.5 Å². The molecule has 2 atom stereocenters. The second-order valence-electron chi connectivity index (χ2n) is 23.4. The van der Waals surface area contributed by atoms with E-state index in [-0.39, 0.29) is 28.5 Å². The monoisotopic (exact) mass is 927 g/mol. The third-order valence-corrected chi connectivity index (χ3v) is 18.3. The molecule has 0 radical (unpaired) electrons. The Bertz CT molecular complexity index is 3610. The van der Waals surface area contributed by atoms with Crippen molar-refractivity contribution >= 4 is 100 Å². The van der Waals surface area contributed by atoms with Crippen LogP contribution in [0.5, 0.6) is 0 Å². The Morgan fingerprint density at radius 2 is 1.13 bits per heavy atom. The van der Waals surface area contributed by atoms with Gasteiger partial charge in [-0.1, -0.05) is 158 Å². The van der Waals surface area contributed by atoms with Gasteiger partial charge < -0.3 is 14.7 Å². The second kappa shape index (κ2) is 15.2. The fourth-order valence-electron chi connectivity index (χ4n) is 13.3. The average molecular weight is 928 g/mol. The smallest absolute Gasteiger partial charge is 0.252 e. The van der Waals surface area contributed by atoms with Crippen molar-refractivity contribution < 1.29 is 0 Å². The molecule has 2 unspecified atom stereocenters. The lowest BCUT2D eigenvalue weighted by Crippen LogP contribution is -2.61. The molecule has 1 aromatic heterocycles. The second-order valence-corrected chi connectivity index (χ2v) is 24.5. The molecule has 0 amide bonds. The molecule has 5 heteroatoms. The number of aryl methyl sites for hydroxylation is 1. The van der Waals surface area contributed by atoms with E-state index >= 15 is 0 Å². The van der Waals surface area contributed by atoms with Crippen LogP contribution in [-0.4, -0.2) is 12.3 Å². The molecule has 8 aromatic carbocycles. The van der Waals surface area contributed by atoms with Gasteiger partial charge in [-0.3, -0.25) is 0 Å². The van der Waals surface area contributed by atoms with Gasteiger partial charge in [0.05, 0.1) is 11.2 Å². The highest BCUT2D eigenvalue weighted by Crippen LogP contribution is 2.61. The van der Waals surface area contributed by atoms with Gasteiger partial charge in [0, 0.05) is 71.0 Å². The molecule has 9 aromatic rings. The maximum Gasteiger partial charge on any atom is 0.252 e. The lowest BCUT2D eigenvalue weighted by Gasteiger charge is -2.50. The van der Waals surface area contributed by atoms with Gasteiger partial charge in [0.2, 0.25) is 0 Å². The van der Waals surface area contributed by atoms with E-state index in [1.54, 1.807) is 0 Å². The van der Waals surface area contributed by atoms with E-state index in [0.29, 0.717) is 0 Å². The fourth-order valence-corrected chi connectivity index (χ4v) is 14.4. The Morgan fingerprint density at radius 1 is 0.500 bits per heavy atom.